The number of likely N-dealkylation sites (tertiary alicyclic amines) is 1. The lowest BCUT2D eigenvalue weighted by Gasteiger charge is -2.43. The van der Waals surface area contributed by atoms with E-state index in [0.717, 1.165) is 30.7 Å². The molecule has 1 N–H and O–H groups in total. The number of rotatable bonds is 2. The number of nitrogens with zero attached hydrogens (tertiary/aromatic N) is 3. The van der Waals surface area contributed by atoms with Crippen LogP contribution in [0.4, 0.5) is 0 Å². The standard InChI is InChI=1S/C11H17N3OS/c15-11(10-13-12-8-16-10)4-2-9(3-5-11)14-6-1-7-14/h8-9,15H,1-7H2. The van der Waals surface area contributed by atoms with Crippen LogP contribution >= 0.6 is 11.3 Å². The summed E-state index contributed by atoms with van der Waals surface area (Å²) in [6.45, 7) is 2.50. The second-order valence-corrected chi connectivity index (χ2v) is 5.73. The lowest BCUT2D eigenvalue weighted by atomic mass is 9.81. The summed E-state index contributed by atoms with van der Waals surface area (Å²) in [4.78, 5) is 2.54. The van der Waals surface area contributed by atoms with Gasteiger partial charge in [0.25, 0.3) is 0 Å². The zero-order valence-corrected chi connectivity index (χ0v) is 10.1. The Morgan fingerprint density at radius 3 is 2.62 bits per heavy atom. The molecule has 1 aromatic rings. The topological polar surface area (TPSA) is 49.3 Å². The van der Waals surface area contributed by atoms with Crippen molar-refractivity contribution >= 4 is 11.3 Å². The molecule has 1 aliphatic heterocycles. The molecular weight excluding hydrogens is 222 g/mol. The van der Waals surface area contributed by atoms with E-state index in [9.17, 15) is 5.11 Å². The van der Waals surface area contributed by atoms with Gasteiger partial charge in [0.2, 0.25) is 0 Å². The Kier molecular flexibility index (Phi) is 2.69. The fraction of sp³-hybridized carbons (Fsp3) is 0.818. The first-order chi connectivity index (χ1) is 7.78. The van der Waals surface area contributed by atoms with E-state index in [4.69, 9.17) is 0 Å². The van der Waals surface area contributed by atoms with Crippen LogP contribution in [0, 0.1) is 0 Å². The van der Waals surface area contributed by atoms with Gasteiger partial charge in [0.05, 0.1) is 0 Å². The summed E-state index contributed by atoms with van der Waals surface area (Å²) >= 11 is 1.47. The lowest BCUT2D eigenvalue weighted by Crippen LogP contribution is -2.48. The minimum absolute atomic E-state index is 0.692. The summed E-state index contributed by atoms with van der Waals surface area (Å²) in [6, 6.07) is 0.696. The smallest absolute Gasteiger partial charge is 0.148 e. The SMILES string of the molecule is OC1(c2nncs2)CCC(N2CCC2)CC1. The second-order valence-electron chi connectivity index (χ2n) is 4.90. The fourth-order valence-electron chi connectivity index (χ4n) is 2.74. The zero-order chi connectivity index (χ0) is 11.0. The molecule has 3 rings (SSSR count). The third kappa shape index (κ3) is 1.77. The summed E-state index contributed by atoms with van der Waals surface area (Å²) in [5.74, 6) is 0. The Balaban J connectivity index is 1.65. The molecule has 2 fully saturated rings. The van der Waals surface area contributed by atoms with Crippen LogP contribution in [0.2, 0.25) is 0 Å². The highest BCUT2D eigenvalue weighted by Gasteiger charge is 2.39. The average molecular weight is 239 g/mol. The van der Waals surface area contributed by atoms with E-state index in [-0.39, 0.29) is 0 Å². The van der Waals surface area contributed by atoms with Gasteiger partial charge >= 0.3 is 0 Å². The minimum Gasteiger partial charge on any atom is -0.383 e. The molecule has 5 heteroatoms. The van der Waals surface area contributed by atoms with Crippen molar-refractivity contribution in [2.45, 2.75) is 43.7 Å². The van der Waals surface area contributed by atoms with E-state index >= 15 is 0 Å². The largest absolute Gasteiger partial charge is 0.383 e. The highest BCUT2D eigenvalue weighted by Crippen LogP contribution is 2.39. The van der Waals surface area contributed by atoms with Gasteiger partial charge in [-0.3, -0.25) is 0 Å². The van der Waals surface area contributed by atoms with Gasteiger partial charge in [-0.25, -0.2) is 0 Å². The van der Waals surface area contributed by atoms with Crippen molar-refractivity contribution in [2.24, 2.45) is 0 Å². The highest BCUT2D eigenvalue weighted by atomic mass is 32.1. The van der Waals surface area contributed by atoms with Crippen LogP contribution in [0.25, 0.3) is 0 Å². The van der Waals surface area contributed by atoms with Crippen molar-refractivity contribution < 1.29 is 5.11 Å². The Hall–Kier alpha value is -0.520. The third-order valence-electron chi connectivity index (χ3n) is 3.95. The molecule has 4 nitrogen and oxygen atoms in total. The van der Waals surface area contributed by atoms with E-state index in [1.54, 1.807) is 5.51 Å². The van der Waals surface area contributed by atoms with E-state index in [1.165, 1.54) is 30.8 Å². The third-order valence-corrected chi connectivity index (χ3v) is 4.83. The summed E-state index contributed by atoms with van der Waals surface area (Å²) < 4.78 is 0. The number of aromatic nitrogens is 2. The Labute approximate surface area is 99.3 Å². The fourth-order valence-corrected chi connectivity index (χ4v) is 3.45. The average Bonchev–Trinajstić information content (AvgIpc) is 2.72. The zero-order valence-electron chi connectivity index (χ0n) is 9.30. The summed E-state index contributed by atoms with van der Waals surface area (Å²) in [5.41, 5.74) is 1.01. The number of aliphatic hydroxyl groups is 1. The van der Waals surface area contributed by atoms with Crippen molar-refractivity contribution in [3.63, 3.8) is 0 Å². The van der Waals surface area contributed by atoms with Crippen LogP contribution in [0.5, 0.6) is 0 Å². The molecule has 16 heavy (non-hydrogen) atoms. The minimum atomic E-state index is -0.692. The van der Waals surface area contributed by atoms with Crippen molar-refractivity contribution in [2.75, 3.05) is 13.1 Å². The molecule has 1 aromatic heterocycles. The maximum atomic E-state index is 10.5. The second kappa shape index (κ2) is 4.05. The molecule has 1 saturated carbocycles. The van der Waals surface area contributed by atoms with Crippen LogP contribution in [0.3, 0.4) is 0 Å². The van der Waals surface area contributed by atoms with Crippen molar-refractivity contribution in [1.82, 2.24) is 15.1 Å². The van der Waals surface area contributed by atoms with Crippen LogP contribution in [0.15, 0.2) is 5.51 Å². The molecule has 1 saturated heterocycles. The molecule has 1 aliphatic carbocycles. The van der Waals surface area contributed by atoms with E-state index < -0.39 is 5.60 Å². The molecule has 2 aliphatic rings. The normalized spacial score (nSPS) is 35.9. The van der Waals surface area contributed by atoms with Gasteiger partial charge in [0.1, 0.15) is 16.1 Å². The molecule has 0 unspecified atom stereocenters. The van der Waals surface area contributed by atoms with Gasteiger partial charge in [-0.05, 0) is 45.2 Å². The first-order valence-corrected chi connectivity index (χ1v) is 6.89. The molecule has 0 bridgehead atoms. The van der Waals surface area contributed by atoms with Crippen molar-refractivity contribution in [3.05, 3.63) is 10.5 Å². The Bertz CT molecular complexity index is 342. The van der Waals surface area contributed by atoms with Crippen molar-refractivity contribution in [3.8, 4) is 0 Å². The van der Waals surface area contributed by atoms with E-state index in [0.29, 0.717) is 6.04 Å². The molecule has 0 radical (unpaired) electrons. The van der Waals surface area contributed by atoms with Gasteiger partial charge in [-0.2, -0.15) is 0 Å². The van der Waals surface area contributed by atoms with Crippen LogP contribution < -0.4 is 0 Å². The van der Waals surface area contributed by atoms with Crippen LogP contribution in [-0.2, 0) is 5.60 Å². The Morgan fingerprint density at radius 1 is 1.38 bits per heavy atom. The predicted molar refractivity (Wildman–Crippen MR) is 62.3 cm³/mol. The number of hydrogen-bond acceptors (Lipinski definition) is 5. The van der Waals surface area contributed by atoms with E-state index in [1.807, 2.05) is 0 Å². The lowest BCUT2D eigenvalue weighted by molar-refractivity contribution is -0.0349. The summed E-state index contributed by atoms with van der Waals surface area (Å²) in [6.07, 6.45) is 5.20. The van der Waals surface area contributed by atoms with E-state index in [2.05, 4.69) is 15.1 Å². The first kappa shape index (κ1) is 10.6. The van der Waals surface area contributed by atoms with Gasteiger partial charge in [-0.15, -0.1) is 21.5 Å². The molecule has 0 aromatic carbocycles. The van der Waals surface area contributed by atoms with Crippen LogP contribution in [0.1, 0.15) is 37.1 Å². The highest BCUT2D eigenvalue weighted by molar-refractivity contribution is 7.09. The van der Waals surface area contributed by atoms with Gasteiger partial charge in [0, 0.05) is 6.04 Å². The monoisotopic (exact) mass is 239 g/mol. The van der Waals surface area contributed by atoms with Gasteiger partial charge in [-0.1, -0.05) is 0 Å². The summed E-state index contributed by atoms with van der Waals surface area (Å²) in [7, 11) is 0. The van der Waals surface area contributed by atoms with Gasteiger partial charge in [0.15, 0.2) is 0 Å². The van der Waals surface area contributed by atoms with Crippen LogP contribution in [-0.4, -0.2) is 39.3 Å². The molecule has 0 atom stereocenters. The first-order valence-electron chi connectivity index (χ1n) is 6.01. The Morgan fingerprint density at radius 2 is 2.12 bits per heavy atom. The molecule has 0 amide bonds. The quantitative estimate of drug-likeness (QED) is 0.847. The maximum absolute atomic E-state index is 10.5. The maximum Gasteiger partial charge on any atom is 0.148 e. The number of hydrogen-bond donors (Lipinski definition) is 1. The molecular formula is C11H17N3OS. The van der Waals surface area contributed by atoms with Crippen molar-refractivity contribution in [1.29, 1.82) is 0 Å². The summed E-state index contributed by atoms with van der Waals surface area (Å²) in [5, 5.41) is 19.2. The molecule has 0 spiro atoms. The molecule has 2 heterocycles. The van der Waals surface area contributed by atoms with Gasteiger partial charge < -0.3 is 10.0 Å². The predicted octanol–water partition coefficient (Wildman–Crippen LogP) is 1.37. The molecule has 88 valence electrons.